The number of hydrogen-bond donors (Lipinski definition) is 1. The number of piperidine rings is 2. The third kappa shape index (κ3) is 4.63. The van der Waals surface area contributed by atoms with Crippen LogP contribution in [0.3, 0.4) is 0 Å². The van der Waals surface area contributed by atoms with Crippen LogP contribution in [0.2, 0.25) is 0 Å². The molecule has 0 unspecified atom stereocenters. The van der Waals surface area contributed by atoms with Gasteiger partial charge in [-0.15, -0.1) is 0 Å². The third-order valence-corrected chi connectivity index (χ3v) is 10.8. The predicted octanol–water partition coefficient (Wildman–Crippen LogP) is 2.89. The van der Waals surface area contributed by atoms with E-state index >= 15 is 0 Å². The molecule has 3 aromatic rings. The Balaban J connectivity index is 1.04. The van der Waals surface area contributed by atoms with Gasteiger partial charge in [-0.2, -0.15) is 14.7 Å². The van der Waals surface area contributed by atoms with E-state index in [1.165, 1.54) is 4.31 Å². The Hall–Kier alpha value is -3.86. The zero-order chi connectivity index (χ0) is 29.1. The van der Waals surface area contributed by atoms with E-state index < -0.39 is 15.6 Å². The Morgan fingerprint density at radius 2 is 1.81 bits per heavy atom. The van der Waals surface area contributed by atoms with Crippen molar-refractivity contribution in [1.29, 1.82) is 5.26 Å². The molecule has 5 aliphatic heterocycles. The van der Waals surface area contributed by atoms with Gasteiger partial charge in [0.15, 0.2) is 0 Å². The van der Waals surface area contributed by atoms with Crippen molar-refractivity contribution in [2.24, 2.45) is 0 Å². The lowest BCUT2D eigenvalue weighted by atomic mass is 9.78. The minimum absolute atomic E-state index is 0.0196. The lowest BCUT2D eigenvalue weighted by Crippen LogP contribution is -2.64. The van der Waals surface area contributed by atoms with Crippen LogP contribution in [0.4, 0.5) is 11.6 Å². The molecule has 2 aromatic heterocycles. The number of aromatic nitrogens is 4. The molecule has 0 spiro atoms. The van der Waals surface area contributed by atoms with Gasteiger partial charge in [0.25, 0.3) is 5.91 Å². The molecule has 5 aliphatic rings. The van der Waals surface area contributed by atoms with E-state index in [0.717, 1.165) is 36.9 Å². The normalized spacial score (nSPS) is 26.0. The van der Waals surface area contributed by atoms with E-state index in [4.69, 9.17) is 4.74 Å². The van der Waals surface area contributed by atoms with E-state index in [1.807, 2.05) is 24.3 Å². The molecule has 13 heteroatoms. The standard InChI is InChI=1S/C29H32N8O4S/c1-2-42(39,40)35-17-29(18-35,8-9-30)36-16-20(15-32-36)26-7-10-31-28(34-26)33-21-5-3-19(4-6-21)27(38)37-22-11-24-13-23(37)14-25(12-22)41-24/h3-7,10,15-16,22-25H,2,8,11-14,17-18H2,1H3,(H,31,33,34). The number of rotatable bonds is 8. The Morgan fingerprint density at radius 3 is 2.45 bits per heavy atom. The number of carbonyl (C=O) groups is 1. The maximum atomic E-state index is 13.4. The summed E-state index contributed by atoms with van der Waals surface area (Å²) in [5.74, 6) is 0.493. The van der Waals surface area contributed by atoms with Crippen LogP contribution in [0.25, 0.3) is 11.3 Å². The first-order chi connectivity index (χ1) is 20.3. The van der Waals surface area contributed by atoms with Crippen LogP contribution >= 0.6 is 0 Å². The minimum Gasteiger partial charge on any atom is -0.375 e. The third-order valence-electron chi connectivity index (χ3n) is 9.06. The van der Waals surface area contributed by atoms with E-state index in [9.17, 15) is 18.5 Å². The minimum atomic E-state index is -3.33. The molecule has 0 radical (unpaired) electrons. The molecule has 4 bridgehead atoms. The average Bonchev–Trinajstić information content (AvgIpc) is 3.45. The highest BCUT2D eigenvalue weighted by atomic mass is 32.2. The first-order valence-electron chi connectivity index (χ1n) is 14.4. The molecule has 8 rings (SSSR count). The number of amides is 1. The SMILES string of the molecule is CCS(=O)(=O)N1CC(CC#N)(n2cc(-c3ccnc(Nc4ccc(C(=O)N5C6CC7CC5CC(C6)O7)cc4)n3)cn2)C1. The fourth-order valence-corrected chi connectivity index (χ4v) is 8.16. The smallest absolute Gasteiger partial charge is 0.254 e. The van der Waals surface area contributed by atoms with Gasteiger partial charge in [-0.3, -0.25) is 9.48 Å². The van der Waals surface area contributed by atoms with Crippen molar-refractivity contribution < 1.29 is 17.9 Å². The lowest BCUT2D eigenvalue weighted by molar-refractivity contribution is -0.169. The number of anilines is 2. The van der Waals surface area contributed by atoms with Crippen LogP contribution in [0.1, 0.15) is 49.4 Å². The van der Waals surface area contributed by atoms with Gasteiger partial charge < -0.3 is 15.0 Å². The van der Waals surface area contributed by atoms with E-state index in [-0.39, 0.29) is 43.3 Å². The summed E-state index contributed by atoms with van der Waals surface area (Å²) in [4.78, 5) is 24.5. The molecule has 12 nitrogen and oxygen atoms in total. The summed E-state index contributed by atoms with van der Waals surface area (Å²) < 4.78 is 33.6. The van der Waals surface area contributed by atoms with Crippen molar-refractivity contribution in [2.45, 2.75) is 68.9 Å². The molecule has 1 N–H and O–H groups in total. The van der Waals surface area contributed by atoms with Gasteiger partial charge in [0.05, 0.1) is 42.3 Å². The molecule has 1 aromatic carbocycles. The Bertz CT molecular complexity index is 1630. The molecular formula is C29H32N8O4S. The van der Waals surface area contributed by atoms with Crippen molar-refractivity contribution >= 4 is 27.6 Å². The predicted molar refractivity (Wildman–Crippen MR) is 153 cm³/mol. The quantitative estimate of drug-likeness (QED) is 0.420. The van der Waals surface area contributed by atoms with Crippen LogP contribution in [-0.2, 0) is 20.3 Å². The first kappa shape index (κ1) is 27.0. The summed E-state index contributed by atoms with van der Waals surface area (Å²) in [6.07, 6.45) is 9.60. The molecule has 1 amide bonds. The number of nitrogens with zero attached hydrogens (tertiary/aromatic N) is 7. The number of ether oxygens (including phenoxy) is 1. The highest BCUT2D eigenvalue weighted by Gasteiger charge is 2.50. The Morgan fingerprint density at radius 1 is 1.12 bits per heavy atom. The molecule has 0 aliphatic carbocycles. The summed E-state index contributed by atoms with van der Waals surface area (Å²) in [7, 11) is -3.33. The number of nitriles is 1. The molecule has 5 saturated heterocycles. The van der Waals surface area contributed by atoms with Gasteiger partial charge >= 0.3 is 0 Å². The lowest BCUT2D eigenvalue weighted by Gasteiger charge is -2.56. The van der Waals surface area contributed by atoms with Crippen LogP contribution in [0.5, 0.6) is 0 Å². The fourth-order valence-electron chi connectivity index (χ4n) is 6.92. The average molecular weight is 589 g/mol. The van der Waals surface area contributed by atoms with Gasteiger partial charge in [-0.25, -0.2) is 18.4 Å². The molecule has 0 atom stereocenters. The number of hydrogen-bond acceptors (Lipinski definition) is 9. The summed E-state index contributed by atoms with van der Waals surface area (Å²) >= 11 is 0. The van der Waals surface area contributed by atoms with Crippen molar-refractivity contribution in [2.75, 3.05) is 24.2 Å². The van der Waals surface area contributed by atoms with Crippen LogP contribution in [-0.4, -0.2) is 86.4 Å². The molecule has 42 heavy (non-hydrogen) atoms. The zero-order valence-electron chi connectivity index (χ0n) is 23.3. The largest absolute Gasteiger partial charge is 0.375 e. The van der Waals surface area contributed by atoms with E-state index in [1.54, 1.807) is 36.3 Å². The summed E-state index contributed by atoms with van der Waals surface area (Å²) in [6.45, 7) is 2.03. The second-order valence-electron chi connectivity index (χ2n) is 11.7. The maximum absolute atomic E-state index is 13.4. The van der Waals surface area contributed by atoms with Crippen molar-refractivity contribution in [3.05, 3.63) is 54.5 Å². The summed E-state index contributed by atoms with van der Waals surface area (Å²) in [6, 6.07) is 11.9. The van der Waals surface area contributed by atoms with Gasteiger partial charge in [0, 0.05) is 54.4 Å². The first-order valence-corrected chi connectivity index (χ1v) is 16.0. The van der Waals surface area contributed by atoms with E-state index in [2.05, 4.69) is 31.4 Å². The van der Waals surface area contributed by atoms with Crippen LogP contribution in [0, 0.1) is 11.3 Å². The van der Waals surface area contributed by atoms with Crippen LogP contribution < -0.4 is 5.32 Å². The Labute approximate surface area is 244 Å². The molecule has 7 heterocycles. The van der Waals surface area contributed by atoms with Gasteiger partial charge in [0.1, 0.15) is 5.54 Å². The number of benzene rings is 1. The molecule has 5 fully saturated rings. The second kappa shape index (κ2) is 10.1. The van der Waals surface area contributed by atoms with Crippen molar-refractivity contribution in [1.82, 2.24) is 29.0 Å². The second-order valence-corrected chi connectivity index (χ2v) is 14.0. The monoisotopic (exact) mass is 588 g/mol. The molecule has 0 saturated carbocycles. The van der Waals surface area contributed by atoms with Crippen LogP contribution in [0.15, 0.2) is 48.9 Å². The number of sulfonamides is 1. The maximum Gasteiger partial charge on any atom is 0.254 e. The number of nitrogens with one attached hydrogen (secondary N) is 1. The van der Waals surface area contributed by atoms with Gasteiger partial charge in [-0.1, -0.05) is 0 Å². The van der Waals surface area contributed by atoms with Crippen molar-refractivity contribution in [3.8, 4) is 17.3 Å². The highest BCUT2D eigenvalue weighted by Crippen LogP contribution is 2.43. The van der Waals surface area contributed by atoms with Gasteiger partial charge in [0.2, 0.25) is 16.0 Å². The topological polar surface area (TPSA) is 146 Å². The molecule has 218 valence electrons. The zero-order valence-corrected chi connectivity index (χ0v) is 24.1. The highest BCUT2D eigenvalue weighted by molar-refractivity contribution is 7.89. The number of carbonyl (C=O) groups excluding carboxylic acids is 1. The Kier molecular flexibility index (Phi) is 6.52. The summed E-state index contributed by atoms with van der Waals surface area (Å²) in [5.41, 5.74) is 2.08. The van der Waals surface area contributed by atoms with Gasteiger partial charge in [-0.05, 0) is 62.9 Å². The summed E-state index contributed by atoms with van der Waals surface area (Å²) in [5, 5.41) is 17.1. The van der Waals surface area contributed by atoms with E-state index in [0.29, 0.717) is 29.4 Å². The molecular weight excluding hydrogens is 556 g/mol. The van der Waals surface area contributed by atoms with Crippen molar-refractivity contribution in [3.63, 3.8) is 0 Å². The fraction of sp³-hybridized carbons (Fsp3) is 0.483.